The molecule has 12 heavy (non-hydrogen) atoms. The third-order valence-corrected chi connectivity index (χ3v) is 1.39. The van der Waals surface area contributed by atoms with Crippen LogP contribution < -0.4 is 0 Å². The van der Waals surface area contributed by atoms with Crippen LogP contribution in [0.1, 0.15) is 11.5 Å². The molecule has 0 unspecified atom stereocenters. The van der Waals surface area contributed by atoms with E-state index in [-0.39, 0.29) is 0 Å². The van der Waals surface area contributed by atoms with Gasteiger partial charge in [0.2, 0.25) is 0 Å². The van der Waals surface area contributed by atoms with Crippen molar-refractivity contribution in [3.63, 3.8) is 0 Å². The first kappa shape index (κ1) is 9.25. The van der Waals surface area contributed by atoms with Gasteiger partial charge in [0.25, 0.3) is 0 Å². The van der Waals surface area contributed by atoms with E-state index in [4.69, 9.17) is 14.4 Å². The van der Waals surface area contributed by atoms with Gasteiger partial charge in [-0.3, -0.25) is 0 Å². The summed E-state index contributed by atoms with van der Waals surface area (Å²) in [5.41, 5.74) is 0. The van der Waals surface area contributed by atoms with Crippen molar-refractivity contribution in [2.45, 2.75) is 13.2 Å². The molecule has 0 spiro atoms. The van der Waals surface area contributed by atoms with Crippen LogP contribution >= 0.6 is 0 Å². The smallest absolute Gasteiger partial charge is 0.129 e. The minimum atomic E-state index is 0.393. The lowest BCUT2D eigenvalue weighted by atomic mass is 10.4. The molecule has 4 heteroatoms. The van der Waals surface area contributed by atoms with Crippen molar-refractivity contribution in [1.82, 2.24) is 5.06 Å². The summed E-state index contributed by atoms with van der Waals surface area (Å²) in [7, 11) is 3.18. The van der Waals surface area contributed by atoms with Gasteiger partial charge in [-0.15, -0.1) is 0 Å². The van der Waals surface area contributed by atoms with Crippen LogP contribution in [0.5, 0.6) is 0 Å². The summed E-state index contributed by atoms with van der Waals surface area (Å²) >= 11 is 0. The molecule has 1 rings (SSSR count). The molecule has 0 fully saturated rings. The van der Waals surface area contributed by atoms with Gasteiger partial charge in [0, 0.05) is 14.2 Å². The SMILES string of the molecule is COCc1ccc(CN(C)O)o1. The van der Waals surface area contributed by atoms with Crippen LogP contribution in [0.25, 0.3) is 0 Å². The molecule has 0 saturated heterocycles. The largest absolute Gasteiger partial charge is 0.462 e. The maximum atomic E-state index is 8.89. The number of ether oxygens (including phenoxy) is 1. The first-order valence-corrected chi connectivity index (χ1v) is 3.69. The molecule has 0 aliphatic carbocycles. The minimum Gasteiger partial charge on any atom is -0.462 e. The van der Waals surface area contributed by atoms with Crippen molar-refractivity contribution >= 4 is 0 Å². The highest BCUT2D eigenvalue weighted by Crippen LogP contribution is 2.09. The maximum Gasteiger partial charge on any atom is 0.129 e. The van der Waals surface area contributed by atoms with Gasteiger partial charge < -0.3 is 14.4 Å². The summed E-state index contributed by atoms with van der Waals surface area (Å²) in [6.45, 7) is 0.860. The van der Waals surface area contributed by atoms with Crippen molar-refractivity contribution in [1.29, 1.82) is 0 Å². The molecule has 0 radical (unpaired) electrons. The third-order valence-electron chi connectivity index (χ3n) is 1.39. The average Bonchev–Trinajstić information content (AvgIpc) is 2.36. The lowest BCUT2D eigenvalue weighted by molar-refractivity contribution is -0.0777. The molecule has 0 saturated carbocycles. The normalized spacial score (nSPS) is 11.0. The highest BCUT2D eigenvalue weighted by Gasteiger charge is 2.02. The van der Waals surface area contributed by atoms with Crippen LogP contribution in [0.4, 0.5) is 0 Å². The third kappa shape index (κ3) is 2.65. The molecule has 1 heterocycles. The molecule has 0 amide bonds. The predicted octanol–water partition coefficient (Wildman–Crippen LogP) is 1.25. The van der Waals surface area contributed by atoms with Crippen molar-refractivity contribution < 1.29 is 14.4 Å². The summed E-state index contributed by atoms with van der Waals surface area (Å²) in [5.74, 6) is 1.50. The second kappa shape index (κ2) is 4.25. The Hall–Kier alpha value is -0.840. The van der Waals surface area contributed by atoms with E-state index in [1.807, 2.05) is 12.1 Å². The Morgan fingerprint density at radius 3 is 2.75 bits per heavy atom. The Morgan fingerprint density at radius 2 is 2.17 bits per heavy atom. The van der Waals surface area contributed by atoms with Gasteiger partial charge in [-0.1, -0.05) is 0 Å². The van der Waals surface area contributed by atoms with Gasteiger partial charge in [0.05, 0.1) is 6.54 Å². The van der Waals surface area contributed by atoms with E-state index in [1.54, 1.807) is 14.2 Å². The molecule has 68 valence electrons. The molecule has 0 aliphatic rings. The number of rotatable bonds is 4. The standard InChI is InChI=1S/C8H13NO3/c1-9(10)5-7-3-4-8(12-7)6-11-2/h3-4,10H,5-6H2,1-2H3. The highest BCUT2D eigenvalue weighted by molar-refractivity contribution is 5.05. The van der Waals surface area contributed by atoms with Crippen LogP contribution in [0, 0.1) is 0 Å². The van der Waals surface area contributed by atoms with E-state index in [0.717, 1.165) is 16.6 Å². The lowest BCUT2D eigenvalue weighted by Gasteiger charge is -2.03. The van der Waals surface area contributed by atoms with Crippen LogP contribution in [0.2, 0.25) is 0 Å². The zero-order valence-corrected chi connectivity index (χ0v) is 7.28. The number of hydrogen-bond donors (Lipinski definition) is 1. The number of methoxy groups -OCH3 is 1. The van der Waals surface area contributed by atoms with Crippen molar-refractivity contribution in [3.05, 3.63) is 23.7 Å². The average molecular weight is 171 g/mol. The number of nitrogens with zero attached hydrogens (tertiary/aromatic N) is 1. The molecule has 0 aliphatic heterocycles. The molecular formula is C8H13NO3. The quantitative estimate of drug-likeness (QED) is 0.692. The first-order chi connectivity index (χ1) is 5.72. The fraction of sp³-hybridized carbons (Fsp3) is 0.500. The molecule has 1 N–H and O–H groups in total. The van der Waals surface area contributed by atoms with Crippen LogP contribution in [-0.2, 0) is 17.9 Å². The molecule has 1 aromatic heterocycles. The summed E-state index contributed by atoms with van der Waals surface area (Å²) < 4.78 is 10.2. The van der Waals surface area contributed by atoms with Gasteiger partial charge in [-0.2, -0.15) is 5.06 Å². The molecule has 0 aromatic carbocycles. The predicted molar refractivity (Wildman–Crippen MR) is 42.7 cm³/mol. The van der Waals surface area contributed by atoms with E-state index >= 15 is 0 Å². The second-order valence-corrected chi connectivity index (χ2v) is 2.62. The Kier molecular flexibility index (Phi) is 3.28. The van der Waals surface area contributed by atoms with Crippen molar-refractivity contribution in [2.24, 2.45) is 0 Å². The number of hydrogen-bond acceptors (Lipinski definition) is 4. The molecule has 4 nitrogen and oxygen atoms in total. The second-order valence-electron chi connectivity index (χ2n) is 2.62. The molecule has 0 atom stereocenters. The number of furan rings is 1. The lowest BCUT2D eigenvalue weighted by Crippen LogP contribution is -2.10. The van der Waals surface area contributed by atoms with Gasteiger partial charge in [-0.05, 0) is 12.1 Å². The van der Waals surface area contributed by atoms with E-state index in [9.17, 15) is 0 Å². The Labute approximate surface area is 71.3 Å². The van der Waals surface area contributed by atoms with Crippen molar-refractivity contribution in [2.75, 3.05) is 14.2 Å². The Morgan fingerprint density at radius 1 is 1.50 bits per heavy atom. The molecular weight excluding hydrogens is 158 g/mol. The summed E-state index contributed by atoms with van der Waals surface area (Å²) in [5, 5.41) is 9.95. The van der Waals surface area contributed by atoms with Crippen LogP contribution in [0.15, 0.2) is 16.5 Å². The van der Waals surface area contributed by atoms with Gasteiger partial charge >= 0.3 is 0 Å². The molecule has 0 bridgehead atoms. The fourth-order valence-electron chi connectivity index (χ4n) is 0.953. The van der Waals surface area contributed by atoms with E-state index < -0.39 is 0 Å². The van der Waals surface area contributed by atoms with Gasteiger partial charge in [-0.25, -0.2) is 0 Å². The topological polar surface area (TPSA) is 45.8 Å². The summed E-state index contributed by atoms with van der Waals surface area (Å²) in [6, 6.07) is 3.66. The minimum absolute atomic E-state index is 0.393. The fourth-order valence-corrected chi connectivity index (χ4v) is 0.953. The zero-order chi connectivity index (χ0) is 8.97. The summed E-state index contributed by atoms with van der Waals surface area (Å²) in [6.07, 6.45) is 0. The van der Waals surface area contributed by atoms with E-state index in [1.165, 1.54) is 0 Å². The summed E-state index contributed by atoms with van der Waals surface area (Å²) in [4.78, 5) is 0. The number of hydroxylamine groups is 2. The Balaban J connectivity index is 2.52. The highest BCUT2D eigenvalue weighted by atomic mass is 16.5. The van der Waals surface area contributed by atoms with Crippen molar-refractivity contribution in [3.8, 4) is 0 Å². The maximum absolute atomic E-state index is 8.89. The van der Waals surface area contributed by atoms with Crippen LogP contribution in [-0.4, -0.2) is 24.4 Å². The Bertz CT molecular complexity index is 232. The molecule has 1 aromatic rings. The monoisotopic (exact) mass is 171 g/mol. The van der Waals surface area contributed by atoms with Crippen LogP contribution in [0.3, 0.4) is 0 Å². The van der Waals surface area contributed by atoms with E-state index in [2.05, 4.69) is 0 Å². The zero-order valence-electron chi connectivity index (χ0n) is 7.28. The van der Waals surface area contributed by atoms with Gasteiger partial charge in [0.1, 0.15) is 18.1 Å². The van der Waals surface area contributed by atoms with Gasteiger partial charge in [0.15, 0.2) is 0 Å². The van der Waals surface area contributed by atoms with E-state index in [0.29, 0.717) is 13.2 Å². The first-order valence-electron chi connectivity index (χ1n) is 3.69.